The van der Waals surface area contributed by atoms with Crippen molar-refractivity contribution in [1.29, 1.82) is 0 Å². The van der Waals surface area contributed by atoms with Gasteiger partial charge in [0.05, 0.1) is 0 Å². The minimum Gasteiger partial charge on any atom is -0.566 e. The minimum absolute atomic E-state index is 0. The molecule has 0 saturated heterocycles. The van der Waals surface area contributed by atoms with Crippen LogP contribution in [0.1, 0.15) is 91.9 Å². The molecule has 0 rings (SSSR count). The molecule has 0 saturated carbocycles. The van der Waals surface area contributed by atoms with Gasteiger partial charge in [-0.15, -0.1) is 9.05 Å². The molecule has 0 N–H and O–H groups in total. The van der Waals surface area contributed by atoms with Crippen LogP contribution in [-0.4, -0.2) is 12.2 Å². The Balaban J connectivity index is -0.000000372. The van der Waals surface area contributed by atoms with Crippen LogP contribution in [0, 0.1) is 0 Å². The Morgan fingerprint density at radius 2 is 1.04 bits per heavy atom. The quantitative estimate of drug-likeness (QED) is 0.220. The normalized spacial score (nSPS) is 13.8. The molecule has 4 atom stereocenters. The molecule has 0 radical (unpaired) electrons. The fourth-order valence-electron chi connectivity index (χ4n) is 2.12. The number of rotatable bonds is 14. The molecule has 25 heavy (non-hydrogen) atoms. The van der Waals surface area contributed by atoms with E-state index in [4.69, 9.17) is 0 Å². The Bertz CT molecular complexity index is 291. The summed E-state index contributed by atoms with van der Waals surface area (Å²) in [5.74, 6) is 0. The third-order valence-corrected chi connectivity index (χ3v) is 4.52. The van der Waals surface area contributed by atoms with Crippen molar-refractivity contribution in [2.75, 3.05) is 0 Å². The van der Waals surface area contributed by atoms with Crippen molar-refractivity contribution in [3.63, 3.8) is 0 Å². The van der Waals surface area contributed by atoms with Gasteiger partial charge in [-0.25, -0.2) is 0 Å². The van der Waals surface area contributed by atoms with Crippen LogP contribution in [0.25, 0.3) is 0 Å². The van der Waals surface area contributed by atoms with E-state index in [1.807, 2.05) is 0 Å². The fourth-order valence-corrected chi connectivity index (χ4v) is 2.91. The van der Waals surface area contributed by atoms with Crippen molar-refractivity contribution < 1.29 is 45.0 Å². The molecule has 0 aromatic rings. The second kappa shape index (κ2) is 22.6. The van der Waals surface area contributed by atoms with Gasteiger partial charge in [-0.2, -0.15) is 0 Å². The maximum atomic E-state index is 10.1. The van der Waals surface area contributed by atoms with Crippen LogP contribution < -0.4 is 9.79 Å². The van der Waals surface area contributed by atoms with Crippen LogP contribution in [0.2, 0.25) is 0 Å². The molecule has 0 amide bonds. The Labute approximate surface area is 165 Å². The molecule has 0 fully saturated rings. The molecule has 150 valence electrons. The van der Waals surface area contributed by atoms with E-state index in [-0.39, 0.29) is 29.3 Å². The molecule has 0 aromatic carbocycles. The first-order valence-corrected chi connectivity index (χ1v) is 11.1. The smallest absolute Gasteiger partial charge is 0.566 e. The van der Waals surface area contributed by atoms with Gasteiger partial charge in [-0.1, -0.05) is 65.2 Å². The van der Waals surface area contributed by atoms with E-state index < -0.39 is 16.5 Å². The molecule has 0 aliphatic rings. The van der Waals surface area contributed by atoms with E-state index in [9.17, 15) is 18.9 Å². The van der Waals surface area contributed by atoms with Crippen LogP contribution in [-0.2, 0) is 35.2 Å². The molecule has 0 spiro atoms. The third-order valence-electron chi connectivity index (χ3n) is 3.46. The Kier molecular flexibility index (Phi) is 27.4. The van der Waals surface area contributed by atoms with Gasteiger partial charge in [0.15, 0.2) is 0 Å². The summed E-state index contributed by atoms with van der Waals surface area (Å²) in [5.41, 5.74) is 0. The van der Waals surface area contributed by atoms with Gasteiger partial charge in [0.25, 0.3) is 0 Å². The minimum atomic E-state index is -2.66. The second-order valence-electron chi connectivity index (χ2n) is 5.98. The molecule has 0 bridgehead atoms. The molecule has 0 aromatic heterocycles. The van der Waals surface area contributed by atoms with E-state index in [1.54, 1.807) is 13.8 Å². The van der Waals surface area contributed by atoms with Gasteiger partial charge in [0, 0.05) is 0 Å². The Morgan fingerprint density at radius 1 is 0.720 bits per heavy atom. The summed E-state index contributed by atoms with van der Waals surface area (Å²) >= 11 is 0. The van der Waals surface area contributed by atoms with Crippen molar-refractivity contribution >= 4 is 16.5 Å². The Morgan fingerprint density at radius 3 is 1.28 bits per heavy atom. The van der Waals surface area contributed by atoms with Crippen molar-refractivity contribution in [3.05, 3.63) is 0 Å². The number of unbranched alkanes of at least 4 members (excludes halogenated alkanes) is 6. The Hall–Kier alpha value is 0.559. The number of hydrogen-bond acceptors (Lipinski definition) is 6. The first-order valence-electron chi connectivity index (χ1n) is 8.95. The SMILES string of the molecule is CCCCCCC(C)O[P+](=O)[O-].CCCCCCC(C)O[P+](=O)[O-].[Fe+2]. The summed E-state index contributed by atoms with van der Waals surface area (Å²) < 4.78 is 29.4. The molecule has 0 heterocycles. The van der Waals surface area contributed by atoms with Gasteiger partial charge >= 0.3 is 33.6 Å². The van der Waals surface area contributed by atoms with Crippen molar-refractivity contribution in [2.24, 2.45) is 0 Å². The van der Waals surface area contributed by atoms with Gasteiger partial charge in [0.2, 0.25) is 0 Å². The van der Waals surface area contributed by atoms with Crippen LogP contribution in [0.15, 0.2) is 0 Å². The second-order valence-corrected chi connectivity index (χ2v) is 7.29. The summed E-state index contributed by atoms with van der Waals surface area (Å²) in [5, 5.41) is 0. The predicted octanol–water partition coefficient (Wildman–Crippen LogP) is 4.76. The summed E-state index contributed by atoms with van der Waals surface area (Å²) in [4.78, 5) is 20.2. The zero-order chi connectivity index (χ0) is 18.8. The zero-order valence-electron chi connectivity index (χ0n) is 15.9. The maximum absolute atomic E-state index is 10.1. The van der Waals surface area contributed by atoms with E-state index in [2.05, 4.69) is 22.9 Å². The maximum Gasteiger partial charge on any atom is 2.00 e. The van der Waals surface area contributed by atoms with E-state index >= 15 is 0 Å². The first-order chi connectivity index (χ1) is 11.3. The predicted molar refractivity (Wildman–Crippen MR) is 93.8 cm³/mol. The van der Waals surface area contributed by atoms with Crippen LogP contribution in [0.3, 0.4) is 0 Å². The van der Waals surface area contributed by atoms with E-state index in [1.165, 1.54) is 38.5 Å². The summed E-state index contributed by atoms with van der Waals surface area (Å²) in [7, 11) is -5.33. The monoisotopic (exact) mass is 440 g/mol. The summed E-state index contributed by atoms with van der Waals surface area (Å²) in [6.07, 6.45) is 10.6. The zero-order valence-corrected chi connectivity index (χ0v) is 18.8. The van der Waals surface area contributed by atoms with Crippen molar-refractivity contribution in [1.82, 2.24) is 0 Å². The largest absolute Gasteiger partial charge is 2.00 e. The summed E-state index contributed by atoms with van der Waals surface area (Å²) in [6.45, 7) is 7.87. The molecule has 0 aliphatic carbocycles. The molecular formula is C16H34FeO6P2+2. The van der Waals surface area contributed by atoms with Crippen LogP contribution in [0.5, 0.6) is 0 Å². The molecule has 4 unspecified atom stereocenters. The van der Waals surface area contributed by atoms with E-state index in [0.29, 0.717) is 0 Å². The topological polar surface area (TPSA) is 98.7 Å². The van der Waals surface area contributed by atoms with E-state index in [0.717, 1.165) is 25.7 Å². The average molecular weight is 440 g/mol. The molecular weight excluding hydrogens is 406 g/mol. The van der Waals surface area contributed by atoms with Crippen molar-refractivity contribution in [3.8, 4) is 0 Å². The van der Waals surface area contributed by atoms with Crippen molar-refractivity contribution in [2.45, 2.75) is 104 Å². The third kappa shape index (κ3) is 29.6. The first kappa shape index (κ1) is 30.3. The van der Waals surface area contributed by atoms with Crippen LogP contribution in [0.4, 0.5) is 0 Å². The fraction of sp³-hybridized carbons (Fsp3) is 1.00. The van der Waals surface area contributed by atoms with Crippen LogP contribution >= 0.6 is 16.5 Å². The number of hydrogen-bond donors (Lipinski definition) is 0. The standard InChI is InChI=1S/2C8H17O3P.Fe/c2*1-3-4-5-6-7-8(2)11-12(9)10;/h2*8H,3-7H2,1-2H3;/q;;+2. The molecule has 0 aliphatic heterocycles. The summed E-state index contributed by atoms with van der Waals surface area (Å²) in [6, 6.07) is 0. The van der Waals surface area contributed by atoms with Gasteiger partial charge in [-0.05, 0) is 35.8 Å². The average Bonchev–Trinajstić information content (AvgIpc) is 2.47. The molecule has 9 heteroatoms. The molecule has 6 nitrogen and oxygen atoms in total. The van der Waals surface area contributed by atoms with Gasteiger partial charge in [0.1, 0.15) is 12.2 Å². The van der Waals surface area contributed by atoms with Gasteiger partial charge in [-0.3, -0.25) is 0 Å². The van der Waals surface area contributed by atoms with Gasteiger partial charge < -0.3 is 9.79 Å².